The molecule has 0 saturated heterocycles. The average Bonchev–Trinajstić information content (AvgIpc) is 2.40. The van der Waals surface area contributed by atoms with Gasteiger partial charge < -0.3 is 11.1 Å². The van der Waals surface area contributed by atoms with E-state index in [-0.39, 0.29) is 0 Å². The fraction of sp³-hybridized carbons (Fsp3) is 0.571. The number of nitrogens with one attached hydrogen (secondary N) is 1. The van der Waals surface area contributed by atoms with Gasteiger partial charge >= 0.3 is 0 Å². The van der Waals surface area contributed by atoms with Gasteiger partial charge in [-0.05, 0) is 43.9 Å². The minimum atomic E-state index is 0.352. The van der Waals surface area contributed by atoms with Crippen LogP contribution in [0.1, 0.15) is 36.8 Å². The third kappa shape index (κ3) is 2.62. The maximum absolute atomic E-state index is 9.20. The van der Waals surface area contributed by atoms with Gasteiger partial charge in [0.05, 0.1) is 5.56 Å². The third-order valence-corrected chi connectivity index (χ3v) is 3.81. The second-order valence-electron chi connectivity index (χ2n) is 4.99. The second kappa shape index (κ2) is 5.83. The Morgan fingerprint density at radius 3 is 3.00 bits per heavy atom. The lowest BCUT2D eigenvalue weighted by atomic mass is 9.84. The number of hydrogen-bond donors (Lipinski definition) is 2. The van der Waals surface area contributed by atoms with Crippen LogP contribution in [0.25, 0.3) is 0 Å². The summed E-state index contributed by atoms with van der Waals surface area (Å²) in [5, 5.41) is 12.6. The maximum Gasteiger partial charge on any atom is 0.144 e. The van der Waals surface area contributed by atoms with E-state index >= 15 is 0 Å². The van der Waals surface area contributed by atoms with E-state index in [1.54, 1.807) is 6.20 Å². The smallest absolute Gasteiger partial charge is 0.144 e. The monoisotopic (exact) mass is 244 g/mol. The maximum atomic E-state index is 9.20. The van der Waals surface area contributed by atoms with Crippen molar-refractivity contribution in [1.29, 1.82) is 5.26 Å². The molecule has 1 heterocycles. The number of aryl methyl sites for hydroxylation is 1. The van der Waals surface area contributed by atoms with E-state index in [9.17, 15) is 5.26 Å². The van der Waals surface area contributed by atoms with Crippen molar-refractivity contribution in [2.45, 2.75) is 38.6 Å². The molecular formula is C14H20N4. The Bertz CT molecular complexity index is 450. The predicted molar refractivity (Wildman–Crippen MR) is 72.1 cm³/mol. The first-order valence-corrected chi connectivity index (χ1v) is 6.58. The molecule has 4 heteroatoms. The number of rotatable bonds is 3. The fourth-order valence-electron chi connectivity index (χ4n) is 2.66. The van der Waals surface area contributed by atoms with Crippen molar-refractivity contribution in [1.82, 2.24) is 4.98 Å². The second-order valence-corrected chi connectivity index (χ2v) is 4.99. The van der Waals surface area contributed by atoms with Crippen LogP contribution >= 0.6 is 0 Å². The van der Waals surface area contributed by atoms with Crippen LogP contribution < -0.4 is 11.1 Å². The third-order valence-electron chi connectivity index (χ3n) is 3.81. The van der Waals surface area contributed by atoms with Crippen LogP contribution in [0.5, 0.6) is 0 Å². The summed E-state index contributed by atoms with van der Waals surface area (Å²) in [5.74, 6) is 1.20. The van der Waals surface area contributed by atoms with Gasteiger partial charge in [-0.15, -0.1) is 0 Å². The fourth-order valence-corrected chi connectivity index (χ4v) is 2.66. The molecule has 2 unspecified atom stereocenters. The first-order chi connectivity index (χ1) is 8.76. The highest BCUT2D eigenvalue weighted by Crippen LogP contribution is 2.27. The predicted octanol–water partition coefficient (Wildman–Crippen LogP) is 2.19. The minimum absolute atomic E-state index is 0.352. The van der Waals surface area contributed by atoms with Gasteiger partial charge in [-0.2, -0.15) is 5.26 Å². The van der Waals surface area contributed by atoms with Crippen LogP contribution in [0.4, 0.5) is 5.82 Å². The van der Waals surface area contributed by atoms with Gasteiger partial charge in [-0.1, -0.05) is 12.8 Å². The number of nitrogens with two attached hydrogens (primary N) is 1. The van der Waals surface area contributed by atoms with E-state index in [2.05, 4.69) is 16.4 Å². The van der Waals surface area contributed by atoms with E-state index in [4.69, 9.17) is 5.73 Å². The lowest BCUT2D eigenvalue weighted by molar-refractivity contribution is 0.332. The van der Waals surface area contributed by atoms with Crippen LogP contribution in [0, 0.1) is 24.2 Å². The number of aromatic nitrogens is 1. The van der Waals surface area contributed by atoms with Gasteiger partial charge in [0.25, 0.3) is 0 Å². The summed E-state index contributed by atoms with van der Waals surface area (Å²) < 4.78 is 0. The van der Waals surface area contributed by atoms with Gasteiger partial charge in [0.15, 0.2) is 0 Å². The first-order valence-electron chi connectivity index (χ1n) is 6.58. The highest BCUT2D eigenvalue weighted by Gasteiger charge is 2.24. The van der Waals surface area contributed by atoms with Crippen LogP contribution in [-0.2, 0) is 0 Å². The van der Waals surface area contributed by atoms with Gasteiger partial charge in [-0.25, -0.2) is 4.98 Å². The Kier molecular flexibility index (Phi) is 4.16. The van der Waals surface area contributed by atoms with Crippen molar-refractivity contribution < 1.29 is 0 Å². The number of nitrogens with zero attached hydrogens (tertiary/aromatic N) is 2. The summed E-state index contributed by atoms with van der Waals surface area (Å²) in [6, 6.07) is 4.45. The molecular weight excluding hydrogens is 224 g/mol. The molecule has 96 valence electrons. The molecule has 3 N–H and O–H groups in total. The van der Waals surface area contributed by atoms with Crippen molar-refractivity contribution in [3.05, 3.63) is 23.4 Å². The number of pyridine rings is 1. The van der Waals surface area contributed by atoms with E-state index in [1.165, 1.54) is 19.3 Å². The molecule has 0 aliphatic heterocycles. The molecule has 0 aromatic carbocycles. The molecule has 1 saturated carbocycles. The lowest BCUT2D eigenvalue weighted by Crippen LogP contribution is -2.37. The zero-order valence-corrected chi connectivity index (χ0v) is 10.8. The molecule has 0 radical (unpaired) electrons. The quantitative estimate of drug-likeness (QED) is 0.854. The lowest BCUT2D eigenvalue weighted by Gasteiger charge is -2.32. The van der Waals surface area contributed by atoms with Gasteiger partial charge in [0, 0.05) is 12.2 Å². The highest BCUT2D eigenvalue weighted by atomic mass is 15.0. The van der Waals surface area contributed by atoms with Crippen molar-refractivity contribution in [2.75, 3.05) is 11.9 Å². The Labute approximate surface area is 108 Å². The molecule has 1 aromatic heterocycles. The Morgan fingerprint density at radius 2 is 2.28 bits per heavy atom. The van der Waals surface area contributed by atoms with Crippen molar-refractivity contribution in [3.8, 4) is 6.07 Å². The molecule has 18 heavy (non-hydrogen) atoms. The van der Waals surface area contributed by atoms with Crippen LogP contribution in [0.3, 0.4) is 0 Å². The summed E-state index contributed by atoms with van der Waals surface area (Å²) in [6.45, 7) is 2.64. The van der Waals surface area contributed by atoms with Gasteiger partial charge in [-0.3, -0.25) is 0 Å². The Balaban J connectivity index is 2.18. The SMILES string of the molecule is Cc1ccnc(NC2CCCCC2CN)c1C#N. The zero-order chi connectivity index (χ0) is 13.0. The molecule has 4 nitrogen and oxygen atoms in total. The summed E-state index contributed by atoms with van der Waals surface area (Å²) in [4.78, 5) is 4.30. The van der Waals surface area contributed by atoms with E-state index in [0.717, 1.165) is 12.0 Å². The van der Waals surface area contributed by atoms with Gasteiger partial charge in [0.1, 0.15) is 11.9 Å². The Morgan fingerprint density at radius 1 is 1.50 bits per heavy atom. The summed E-state index contributed by atoms with van der Waals surface area (Å²) in [7, 11) is 0. The van der Waals surface area contributed by atoms with Crippen molar-refractivity contribution >= 4 is 5.82 Å². The topological polar surface area (TPSA) is 74.7 Å². The van der Waals surface area contributed by atoms with E-state index in [1.807, 2.05) is 13.0 Å². The average molecular weight is 244 g/mol. The molecule has 2 rings (SSSR count). The van der Waals surface area contributed by atoms with E-state index in [0.29, 0.717) is 29.9 Å². The van der Waals surface area contributed by atoms with Crippen molar-refractivity contribution in [3.63, 3.8) is 0 Å². The summed E-state index contributed by atoms with van der Waals surface area (Å²) in [5.41, 5.74) is 7.44. The minimum Gasteiger partial charge on any atom is -0.366 e. The zero-order valence-electron chi connectivity index (χ0n) is 10.8. The molecule has 2 atom stereocenters. The number of hydrogen-bond acceptors (Lipinski definition) is 4. The molecule has 0 spiro atoms. The van der Waals surface area contributed by atoms with Crippen LogP contribution in [0.15, 0.2) is 12.3 Å². The molecule has 0 amide bonds. The normalized spacial score (nSPS) is 23.4. The molecule has 0 bridgehead atoms. The largest absolute Gasteiger partial charge is 0.366 e. The summed E-state index contributed by atoms with van der Waals surface area (Å²) >= 11 is 0. The molecule has 1 aliphatic rings. The van der Waals surface area contributed by atoms with Gasteiger partial charge in [0.2, 0.25) is 0 Å². The van der Waals surface area contributed by atoms with Crippen LogP contribution in [-0.4, -0.2) is 17.6 Å². The molecule has 1 aliphatic carbocycles. The standard InChI is InChI=1S/C14H20N4/c1-10-6-7-17-14(12(10)9-16)18-13-5-3-2-4-11(13)8-15/h6-7,11,13H,2-5,8,15H2,1H3,(H,17,18). The highest BCUT2D eigenvalue weighted by molar-refractivity contribution is 5.55. The Hall–Kier alpha value is -1.60. The number of nitriles is 1. The number of anilines is 1. The molecule has 1 fully saturated rings. The summed E-state index contributed by atoms with van der Waals surface area (Å²) in [6.07, 6.45) is 6.51. The first kappa shape index (κ1) is 12.8. The van der Waals surface area contributed by atoms with E-state index < -0.39 is 0 Å². The van der Waals surface area contributed by atoms with Crippen molar-refractivity contribution in [2.24, 2.45) is 11.7 Å². The van der Waals surface area contributed by atoms with Crippen LogP contribution in [0.2, 0.25) is 0 Å². The molecule has 1 aromatic rings.